The first-order chi connectivity index (χ1) is 10.4. The third-order valence-corrected chi connectivity index (χ3v) is 4.04. The average molecular weight is 378 g/mol. The van der Waals surface area contributed by atoms with Gasteiger partial charge >= 0.3 is 0 Å². The number of carbonyl (C=O) groups is 1. The van der Waals surface area contributed by atoms with E-state index in [1.54, 1.807) is 24.3 Å². The second-order valence-corrected chi connectivity index (χ2v) is 5.53. The fourth-order valence-corrected chi connectivity index (χ4v) is 2.25. The van der Waals surface area contributed by atoms with E-state index in [1.807, 2.05) is 0 Å². The highest BCUT2D eigenvalue weighted by atomic mass is 35.5. The van der Waals surface area contributed by atoms with Gasteiger partial charge in [-0.25, -0.2) is 10.4 Å². The third-order valence-electron chi connectivity index (χ3n) is 2.56. The quantitative estimate of drug-likeness (QED) is 0.481. The minimum absolute atomic E-state index is 0.0113. The van der Waals surface area contributed by atoms with E-state index in [2.05, 4.69) is 15.5 Å². The summed E-state index contributed by atoms with van der Waals surface area (Å²) in [6.07, 6.45) is 1.38. The number of anilines is 1. The Hall–Kier alpha value is -1.53. The number of nitrogens with one attached hydrogen (secondary N) is 1. The Kier molecular flexibility index (Phi) is 5.47. The first kappa shape index (κ1) is 16.8. The van der Waals surface area contributed by atoms with Crippen LogP contribution in [0.15, 0.2) is 29.4 Å². The number of benzene rings is 1. The van der Waals surface area contributed by atoms with Crippen molar-refractivity contribution >= 4 is 64.2 Å². The van der Waals surface area contributed by atoms with Crippen LogP contribution < -0.4 is 11.2 Å². The predicted molar refractivity (Wildman–Crippen MR) is 90.2 cm³/mol. The van der Waals surface area contributed by atoms with Crippen molar-refractivity contribution in [3.63, 3.8) is 0 Å². The van der Waals surface area contributed by atoms with E-state index in [9.17, 15) is 4.79 Å². The fraction of sp³-hybridized carbons (Fsp3) is 0. The lowest BCUT2D eigenvalue weighted by molar-refractivity contribution is 0.0950. The van der Waals surface area contributed by atoms with Gasteiger partial charge in [-0.1, -0.05) is 64.6 Å². The number of hydrazone groups is 1. The maximum absolute atomic E-state index is 12.0. The molecule has 1 heterocycles. The molecule has 0 fully saturated rings. The second kappa shape index (κ2) is 7.15. The lowest BCUT2D eigenvalue weighted by atomic mass is 10.2. The largest absolute Gasteiger partial charge is 0.396 e. The summed E-state index contributed by atoms with van der Waals surface area (Å²) >= 11 is 23.4. The number of nitrogens with zero attached hydrogens (tertiary/aromatic N) is 2. The number of pyridine rings is 1. The molecule has 1 aromatic carbocycles. The maximum atomic E-state index is 12.0. The van der Waals surface area contributed by atoms with Crippen LogP contribution in [0.25, 0.3) is 0 Å². The number of hydrogen-bond donors (Lipinski definition) is 2. The molecule has 22 heavy (non-hydrogen) atoms. The van der Waals surface area contributed by atoms with Crippen LogP contribution in [-0.2, 0) is 0 Å². The Morgan fingerprint density at radius 2 is 1.86 bits per heavy atom. The average Bonchev–Trinajstić information content (AvgIpc) is 2.50. The van der Waals surface area contributed by atoms with Crippen LogP contribution in [0.1, 0.15) is 16.1 Å². The zero-order valence-electron chi connectivity index (χ0n) is 10.8. The van der Waals surface area contributed by atoms with E-state index in [0.29, 0.717) is 10.6 Å². The van der Waals surface area contributed by atoms with E-state index >= 15 is 0 Å². The van der Waals surface area contributed by atoms with Gasteiger partial charge in [-0.05, 0) is 6.07 Å². The van der Waals surface area contributed by atoms with Crippen molar-refractivity contribution < 1.29 is 4.79 Å². The molecule has 0 bridgehead atoms. The van der Waals surface area contributed by atoms with Crippen molar-refractivity contribution in [1.29, 1.82) is 0 Å². The minimum Gasteiger partial charge on any atom is -0.396 e. The molecule has 0 aliphatic heterocycles. The molecule has 2 aromatic rings. The molecule has 3 N–H and O–H groups in total. The van der Waals surface area contributed by atoms with E-state index in [0.717, 1.165) is 0 Å². The number of amides is 1. The Morgan fingerprint density at radius 3 is 2.55 bits per heavy atom. The third kappa shape index (κ3) is 3.62. The van der Waals surface area contributed by atoms with Gasteiger partial charge in [0.1, 0.15) is 5.02 Å². The van der Waals surface area contributed by atoms with Crippen molar-refractivity contribution in [2.75, 3.05) is 5.73 Å². The highest BCUT2D eigenvalue weighted by Crippen LogP contribution is 2.34. The molecule has 1 amide bonds. The highest BCUT2D eigenvalue weighted by Gasteiger charge is 2.19. The topological polar surface area (TPSA) is 80.4 Å². The Balaban J connectivity index is 2.19. The van der Waals surface area contributed by atoms with E-state index in [-0.39, 0.29) is 26.6 Å². The van der Waals surface area contributed by atoms with Gasteiger partial charge < -0.3 is 5.73 Å². The van der Waals surface area contributed by atoms with Crippen molar-refractivity contribution in [3.05, 3.63) is 55.7 Å². The van der Waals surface area contributed by atoms with Gasteiger partial charge in [0, 0.05) is 10.6 Å². The van der Waals surface area contributed by atoms with E-state index < -0.39 is 5.91 Å². The summed E-state index contributed by atoms with van der Waals surface area (Å²) in [5, 5.41) is 4.04. The van der Waals surface area contributed by atoms with Gasteiger partial charge in [0.15, 0.2) is 10.8 Å². The normalized spacial score (nSPS) is 10.9. The summed E-state index contributed by atoms with van der Waals surface area (Å²) in [7, 11) is 0. The lowest BCUT2D eigenvalue weighted by Gasteiger charge is -2.07. The molecule has 0 unspecified atom stereocenters. The standard InChI is InChI=1S/C13H8Cl4N4O/c14-7-4-2-1-3-6(7)5-19-21-13(22)11-8(15)10(18)9(16)12(17)20-11/h1-5H,(H2,18,20)(H,21,22). The number of halogens is 4. The SMILES string of the molecule is Nc1c(Cl)c(Cl)nc(C(=O)NN=Cc2ccccc2Cl)c1Cl. The van der Waals surface area contributed by atoms with Gasteiger partial charge in [-0.3, -0.25) is 4.79 Å². The van der Waals surface area contributed by atoms with Crippen LogP contribution in [0.3, 0.4) is 0 Å². The molecule has 0 saturated carbocycles. The molecule has 0 atom stereocenters. The van der Waals surface area contributed by atoms with Crippen molar-refractivity contribution in [1.82, 2.24) is 10.4 Å². The summed E-state index contributed by atoms with van der Waals surface area (Å²) in [6, 6.07) is 7.00. The minimum atomic E-state index is -0.682. The van der Waals surface area contributed by atoms with Crippen molar-refractivity contribution in [2.45, 2.75) is 0 Å². The summed E-state index contributed by atoms with van der Waals surface area (Å²) in [4.78, 5) is 15.8. The number of nitrogen functional groups attached to an aromatic ring is 1. The Labute approximate surface area is 146 Å². The molecule has 114 valence electrons. The van der Waals surface area contributed by atoms with Crippen LogP contribution in [0, 0.1) is 0 Å². The number of nitrogens with two attached hydrogens (primary N) is 1. The van der Waals surface area contributed by atoms with Gasteiger partial charge in [-0.2, -0.15) is 5.10 Å². The molecule has 1 aromatic heterocycles. The van der Waals surface area contributed by atoms with Crippen LogP contribution in [0.5, 0.6) is 0 Å². The van der Waals surface area contributed by atoms with Crippen molar-refractivity contribution in [2.24, 2.45) is 5.10 Å². The lowest BCUT2D eigenvalue weighted by Crippen LogP contribution is -2.20. The molecule has 0 radical (unpaired) electrons. The zero-order chi connectivity index (χ0) is 16.3. The van der Waals surface area contributed by atoms with Gasteiger partial charge in [0.2, 0.25) is 0 Å². The molecule has 0 saturated heterocycles. The Bertz CT molecular complexity index is 764. The number of hydrogen-bond acceptors (Lipinski definition) is 4. The van der Waals surface area contributed by atoms with E-state index in [4.69, 9.17) is 52.1 Å². The fourth-order valence-electron chi connectivity index (χ4n) is 1.47. The summed E-state index contributed by atoms with van der Waals surface area (Å²) < 4.78 is 0. The van der Waals surface area contributed by atoms with E-state index in [1.165, 1.54) is 6.21 Å². The molecule has 5 nitrogen and oxygen atoms in total. The monoisotopic (exact) mass is 376 g/mol. The first-order valence-electron chi connectivity index (χ1n) is 5.79. The summed E-state index contributed by atoms with van der Waals surface area (Å²) in [6.45, 7) is 0. The zero-order valence-corrected chi connectivity index (χ0v) is 13.8. The number of carbonyl (C=O) groups excluding carboxylic acids is 1. The van der Waals surface area contributed by atoms with Gasteiger partial charge in [0.05, 0.1) is 16.9 Å². The smallest absolute Gasteiger partial charge is 0.291 e. The predicted octanol–water partition coefficient (Wildman–Crippen LogP) is 4.04. The van der Waals surface area contributed by atoms with Crippen LogP contribution in [0.4, 0.5) is 5.69 Å². The highest BCUT2D eigenvalue weighted by molar-refractivity contribution is 6.46. The number of rotatable bonds is 3. The van der Waals surface area contributed by atoms with Crippen molar-refractivity contribution in [3.8, 4) is 0 Å². The molecular formula is C13H8Cl4N4O. The molecular weight excluding hydrogens is 370 g/mol. The number of aromatic nitrogens is 1. The van der Waals surface area contributed by atoms with Gasteiger partial charge in [0.25, 0.3) is 5.91 Å². The first-order valence-corrected chi connectivity index (χ1v) is 7.31. The van der Waals surface area contributed by atoms with Crippen LogP contribution in [-0.4, -0.2) is 17.1 Å². The molecule has 2 rings (SSSR count). The summed E-state index contributed by atoms with van der Waals surface area (Å²) in [5.74, 6) is -0.682. The second-order valence-electron chi connectivity index (χ2n) is 4.01. The van der Waals surface area contributed by atoms with Gasteiger partial charge in [-0.15, -0.1) is 0 Å². The van der Waals surface area contributed by atoms with Crippen LogP contribution in [0.2, 0.25) is 20.2 Å². The molecule has 0 spiro atoms. The molecule has 0 aliphatic rings. The Morgan fingerprint density at radius 1 is 1.18 bits per heavy atom. The molecule has 0 aliphatic carbocycles. The maximum Gasteiger partial charge on any atom is 0.291 e. The van der Waals surface area contributed by atoms with Crippen LogP contribution >= 0.6 is 46.4 Å². The molecule has 9 heteroatoms. The summed E-state index contributed by atoms with van der Waals surface area (Å²) in [5.41, 5.74) is 8.33.